The predicted molar refractivity (Wildman–Crippen MR) is 98.6 cm³/mol. The lowest BCUT2D eigenvalue weighted by atomic mass is 9.84. The predicted octanol–water partition coefficient (Wildman–Crippen LogP) is 5.17. The number of benzene rings is 1. The van der Waals surface area contributed by atoms with E-state index in [-0.39, 0.29) is 0 Å². The molecule has 1 aromatic carbocycles. The van der Waals surface area contributed by atoms with E-state index in [0.717, 1.165) is 6.54 Å². The van der Waals surface area contributed by atoms with Crippen molar-refractivity contribution in [1.29, 1.82) is 0 Å². The molecule has 0 saturated carbocycles. The van der Waals surface area contributed by atoms with Gasteiger partial charge in [0.25, 0.3) is 0 Å². The van der Waals surface area contributed by atoms with Crippen molar-refractivity contribution in [3.05, 3.63) is 59.3 Å². The molecule has 1 saturated heterocycles. The molecule has 3 rings (SSSR count). The first-order valence-corrected chi connectivity index (χ1v) is 12.2. The van der Waals surface area contributed by atoms with Gasteiger partial charge >= 0.3 is 0 Å². The van der Waals surface area contributed by atoms with Crippen LogP contribution in [0.4, 0.5) is 0 Å². The normalized spacial score (nSPS) is 25.7. The minimum absolute atomic E-state index is 0.621. The first-order chi connectivity index (χ1) is 10.4. The van der Waals surface area contributed by atoms with Crippen LogP contribution in [0.15, 0.2) is 53.8 Å². The molecule has 1 nitrogen and oxygen atoms in total. The van der Waals surface area contributed by atoms with Crippen molar-refractivity contribution in [3.8, 4) is 0 Å². The molecule has 2 bridgehead atoms. The van der Waals surface area contributed by atoms with Gasteiger partial charge in [-0.3, -0.25) is 4.90 Å². The van der Waals surface area contributed by atoms with E-state index in [1.54, 1.807) is 5.57 Å². The van der Waals surface area contributed by atoms with Gasteiger partial charge in [0.05, 0.1) is 8.07 Å². The molecule has 1 aromatic rings. The lowest BCUT2D eigenvalue weighted by molar-refractivity contribution is 0.0896. The highest BCUT2D eigenvalue weighted by atomic mass is 28.3. The third kappa shape index (κ3) is 3.28. The van der Waals surface area contributed by atoms with Crippen molar-refractivity contribution in [3.63, 3.8) is 0 Å². The Kier molecular flexibility index (Phi) is 4.42. The van der Waals surface area contributed by atoms with Crippen molar-refractivity contribution in [1.82, 2.24) is 4.90 Å². The van der Waals surface area contributed by atoms with Gasteiger partial charge in [-0.1, -0.05) is 79.8 Å². The molecule has 22 heavy (non-hydrogen) atoms. The zero-order valence-corrected chi connectivity index (χ0v) is 15.3. The zero-order chi connectivity index (χ0) is 15.7. The van der Waals surface area contributed by atoms with Crippen LogP contribution in [-0.2, 0) is 6.54 Å². The van der Waals surface area contributed by atoms with Crippen molar-refractivity contribution in [2.75, 3.05) is 0 Å². The highest BCUT2D eigenvalue weighted by Gasteiger charge is 2.35. The Morgan fingerprint density at radius 1 is 1.18 bits per heavy atom. The number of hydrogen-bond acceptors (Lipinski definition) is 1. The van der Waals surface area contributed by atoms with Crippen LogP contribution in [0.2, 0.25) is 19.6 Å². The van der Waals surface area contributed by atoms with Gasteiger partial charge in [-0.2, -0.15) is 0 Å². The molecule has 2 atom stereocenters. The van der Waals surface area contributed by atoms with Gasteiger partial charge in [-0.15, -0.1) is 0 Å². The van der Waals surface area contributed by atoms with E-state index < -0.39 is 8.07 Å². The number of fused-ring (bicyclic) bond motifs is 2. The third-order valence-corrected chi connectivity index (χ3v) is 7.41. The molecule has 2 heteroatoms. The van der Waals surface area contributed by atoms with Crippen LogP contribution >= 0.6 is 0 Å². The average molecular weight is 312 g/mol. The lowest BCUT2D eigenvalue weighted by Crippen LogP contribution is -2.48. The Morgan fingerprint density at radius 2 is 1.91 bits per heavy atom. The molecule has 118 valence electrons. The number of nitrogens with zero attached hydrogens (tertiary/aromatic N) is 1. The molecule has 0 radical (unpaired) electrons. The minimum atomic E-state index is -1.27. The highest BCUT2D eigenvalue weighted by molar-refractivity contribution is 6.83. The summed E-state index contributed by atoms with van der Waals surface area (Å²) in [7, 11) is -1.27. The summed E-state index contributed by atoms with van der Waals surface area (Å²) in [6, 6.07) is 12.3. The Balaban J connectivity index is 1.81. The van der Waals surface area contributed by atoms with Crippen LogP contribution < -0.4 is 0 Å². The average Bonchev–Trinajstić information content (AvgIpc) is 2.46. The summed E-state index contributed by atoms with van der Waals surface area (Å²) in [5.41, 5.74) is 3.03. The van der Waals surface area contributed by atoms with Crippen molar-refractivity contribution < 1.29 is 0 Å². The smallest absolute Gasteiger partial charge is 0.0771 e. The number of piperidine rings is 1. The topological polar surface area (TPSA) is 3.24 Å². The van der Waals surface area contributed by atoms with Crippen LogP contribution in [0.5, 0.6) is 0 Å². The second kappa shape index (κ2) is 6.17. The molecule has 0 spiro atoms. The van der Waals surface area contributed by atoms with Crippen molar-refractivity contribution >= 4 is 8.07 Å². The first-order valence-electron chi connectivity index (χ1n) is 8.65. The minimum Gasteiger partial charge on any atom is -0.289 e. The molecule has 1 fully saturated rings. The fourth-order valence-electron chi connectivity index (χ4n) is 3.86. The Morgan fingerprint density at radius 3 is 2.55 bits per heavy atom. The Bertz CT molecular complexity index is 567. The van der Waals surface area contributed by atoms with E-state index in [1.807, 2.05) is 0 Å². The highest BCUT2D eigenvalue weighted by Crippen LogP contribution is 2.38. The first kappa shape index (κ1) is 15.8. The van der Waals surface area contributed by atoms with Crippen LogP contribution in [0, 0.1) is 0 Å². The summed E-state index contributed by atoms with van der Waals surface area (Å²) in [6.07, 6.45) is 7.81. The van der Waals surface area contributed by atoms with Crippen molar-refractivity contribution in [2.24, 2.45) is 0 Å². The van der Waals surface area contributed by atoms with Gasteiger partial charge in [0.2, 0.25) is 0 Å². The van der Waals surface area contributed by atoms with Gasteiger partial charge in [0.15, 0.2) is 0 Å². The van der Waals surface area contributed by atoms with Crippen LogP contribution in [0.25, 0.3) is 0 Å². The molecule has 0 N–H and O–H groups in total. The van der Waals surface area contributed by atoms with E-state index in [1.165, 1.54) is 36.4 Å². The Labute approximate surface area is 136 Å². The Hall–Kier alpha value is -1.12. The molecule has 0 aromatic heterocycles. The quantitative estimate of drug-likeness (QED) is 0.693. The van der Waals surface area contributed by atoms with Gasteiger partial charge in [0, 0.05) is 18.6 Å². The van der Waals surface area contributed by atoms with Gasteiger partial charge < -0.3 is 0 Å². The molecule has 2 heterocycles. The van der Waals surface area contributed by atoms with Crippen LogP contribution in [0.1, 0.15) is 31.2 Å². The van der Waals surface area contributed by atoms with E-state index in [4.69, 9.17) is 0 Å². The van der Waals surface area contributed by atoms with Gasteiger partial charge in [-0.05, 0) is 24.8 Å². The summed E-state index contributed by atoms with van der Waals surface area (Å²) in [4.78, 5) is 2.74. The second-order valence-corrected chi connectivity index (χ2v) is 13.0. The standard InChI is InChI=1S/C20H29NSi/c1-16(22(2,3)4)18-13-19-11-8-12-20(14-18)21(19)15-17-9-6-5-7-10-17/h5-7,9-10,13,19-20H,1,8,11-12,14-15H2,2-4H3. The maximum atomic E-state index is 4.46. The molecule has 2 aliphatic rings. The number of hydrogen-bond donors (Lipinski definition) is 0. The number of allylic oxidation sites excluding steroid dienone is 1. The van der Waals surface area contributed by atoms with E-state index >= 15 is 0 Å². The third-order valence-electron chi connectivity index (χ3n) is 5.28. The molecule has 2 unspecified atom stereocenters. The fourth-order valence-corrected chi connectivity index (χ4v) is 5.01. The largest absolute Gasteiger partial charge is 0.289 e. The van der Waals surface area contributed by atoms with Gasteiger partial charge in [-0.25, -0.2) is 0 Å². The molecule has 0 amide bonds. The van der Waals surface area contributed by atoms with E-state index in [9.17, 15) is 0 Å². The molecular weight excluding hydrogens is 282 g/mol. The molecule has 2 aliphatic heterocycles. The van der Waals surface area contributed by atoms with Crippen LogP contribution in [0.3, 0.4) is 0 Å². The SMILES string of the molecule is C=C(C1=CC2CCCC(C1)N2Cc1ccccc1)[Si](C)(C)C. The monoisotopic (exact) mass is 311 g/mol. The summed E-state index contributed by atoms with van der Waals surface area (Å²) >= 11 is 0. The zero-order valence-electron chi connectivity index (χ0n) is 14.3. The summed E-state index contributed by atoms with van der Waals surface area (Å²) in [5, 5.41) is 1.48. The van der Waals surface area contributed by atoms with E-state index in [0.29, 0.717) is 12.1 Å². The van der Waals surface area contributed by atoms with E-state index in [2.05, 4.69) is 67.5 Å². The maximum Gasteiger partial charge on any atom is 0.0771 e. The summed E-state index contributed by atoms with van der Waals surface area (Å²) < 4.78 is 0. The molecule has 0 aliphatic carbocycles. The van der Waals surface area contributed by atoms with Crippen molar-refractivity contribution in [2.45, 2.75) is 64.0 Å². The van der Waals surface area contributed by atoms with Gasteiger partial charge in [0.1, 0.15) is 0 Å². The maximum absolute atomic E-state index is 4.46. The lowest BCUT2D eigenvalue weighted by Gasteiger charge is -2.46. The summed E-state index contributed by atoms with van der Waals surface area (Å²) in [5.74, 6) is 0. The second-order valence-electron chi connectivity index (χ2n) is 7.93. The summed E-state index contributed by atoms with van der Waals surface area (Å²) in [6.45, 7) is 12.8. The van der Waals surface area contributed by atoms with Crippen LogP contribution in [-0.4, -0.2) is 25.1 Å². The number of rotatable bonds is 4. The fraction of sp³-hybridized carbons (Fsp3) is 0.500. The molecular formula is C20H29NSi.